The van der Waals surface area contributed by atoms with E-state index in [2.05, 4.69) is 19.9 Å². The van der Waals surface area contributed by atoms with E-state index in [9.17, 15) is 0 Å². The molecule has 1 aliphatic carbocycles. The average molecular weight is 317 g/mol. The number of hydrogen-bond donors (Lipinski definition) is 1. The van der Waals surface area contributed by atoms with E-state index in [1.807, 2.05) is 6.07 Å². The summed E-state index contributed by atoms with van der Waals surface area (Å²) in [4.78, 5) is 0. The molecule has 0 aromatic heterocycles. The van der Waals surface area contributed by atoms with E-state index >= 15 is 0 Å². The van der Waals surface area contributed by atoms with Crippen molar-refractivity contribution < 1.29 is 14.2 Å². The Balaban J connectivity index is 1.78. The van der Waals surface area contributed by atoms with Crippen LogP contribution in [0.3, 0.4) is 0 Å². The van der Waals surface area contributed by atoms with Crippen LogP contribution in [0, 0.1) is 12.8 Å². The van der Waals surface area contributed by atoms with E-state index in [0.717, 1.165) is 68.9 Å². The van der Waals surface area contributed by atoms with E-state index in [0.29, 0.717) is 5.92 Å². The topological polar surface area (TPSA) is 53.7 Å². The third-order valence-electron chi connectivity index (χ3n) is 6.36. The molecule has 1 saturated carbocycles. The average Bonchev–Trinajstić information content (AvgIpc) is 2.93. The van der Waals surface area contributed by atoms with Crippen LogP contribution < -0.4 is 10.5 Å². The van der Waals surface area contributed by atoms with Crippen LogP contribution in [0.15, 0.2) is 12.1 Å². The molecule has 0 amide bonds. The van der Waals surface area contributed by atoms with Gasteiger partial charge in [0, 0.05) is 35.6 Å². The molecule has 4 heteroatoms. The summed E-state index contributed by atoms with van der Waals surface area (Å²) in [5, 5.41) is 0. The Morgan fingerprint density at radius 2 is 1.96 bits per heavy atom. The molecule has 0 bridgehead atoms. The summed E-state index contributed by atoms with van der Waals surface area (Å²) in [7, 11) is 0. The minimum atomic E-state index is -0.337. The first-order valence-corrected chi connectivity index (χ1v) is 8.90. The van der Waals surface area contributed by atoms with E-state index in [1.165, 1.54) is 5.56 Å². The van der Waals surface area contributed by atoms with Gasteiger partial charge in [-0.25, -0.2) is 0 Å². The van der Waals surface area contributed by atoms with Gasteiger partial charge in [-0.3, -0.25) is 0 Å². The van der Waals surface area contributed by atoms with Crippen molar-refractivity contribution in [3.8, 4) is 5.75 Å². The number of rotatable bonds is 1. The van der Waals surface area contributed by atoms with Gasteiger partial charge in [-0.1, -0.05) is 6.92 Å². The summed E-state index contributed by atoms with van der Waals surface area (Å²) < 4.78 is 18.1. The fourth-order valence-electron chi connectivity index (χ4n) is 4.96. The van der Waals surface area contributed by atoms with E-state index in [1.54, 1.807) is 0 Å². The summed E-state index contributed by atoms with van der Waals surface area (Å²) >= 11 is 0. The SMILES string of the molecule is CC[C@]12CCC3(C[C@H]1CCOc1cc(N)c(C)cc12)OCCO3. The normalized spacial score (nSPS) is 32.0. The van der Waals surface area contributed by atoms with E-state index < -0.39 is 0 Å². The Bertz CT molecular complexity index is 609. The highest BCUT2D eigenvalue weighted by molar-refractivity contribution is 5.57. The van der Waals surface area contributed by atoms with Crippen LogP contribution in [-0.2, 0) is 14.9 Å². The van der Waals surface area contributed by atoms with Gasteiger partial charge in [0.1, 0.15) is 5.75 Å². The summed E-state index contributed by atoms with van der Waals surface area (Å²) in [6, 6.07) is 4.29. The third-order valence-corrected chi connectivity index (χ3v) is 6.36. The zero-order chi connectivity index (χ0) is 16.1. The lowest BCUT2D eigenvalue weighted by Gasteiger charge is -2.49. The van der Waals surface area contributed by atoms with Crippen molar-refractivity contribution in [3.63, 3.8) is 0 Å². The van der Waals surface area contributed by atoms with Gasteiger partial charge in [-0.15, -0.1) is 0 Å². The van der Waals surface area contributed by atoms with Crippen molar-refractivity contribution in [2.75, 3.05) is 25.6 Å². The number of nitrogen functional groups attached to an aromatic ring is 1. The minimum Gasteiger partial charge on any atom is -0.493 e. The highest BCUT2D eigenvalue weighted by Gasteiger charge is 2.53. The molecule has 2 fully saturated rings. The van der Waals surface area contributed by atoms with Crippen molar-refractivity contribution >= 4 is 5.69 Å². The molecule has 0 radical (unpaired) electrons. The lowest BCUT2D eigenvalue weighted by atomic mass is 9.59. The molecule has 23 heavy (non-hydrogen) atoms. The number of nitrogens with two attached hydrogens (primary N) is 1. The third kappa shape index (κ3) is 2.26. The van der Waals surface area contributed by atoms with Gasteiger partial charge in [-0.2, -0.15) is 0 Å². The highest BCUT2D eigenvalue weighted by Crippen LogP contribution is 2.56. The maximum absolute atomic E-state index is 6.12. The lowest BCUT2D eigenvalue weighted by Crippen LogP contribution is -2.48. The molecule has 4 nitrogen and oxygen atoms in total. The van der Waals surface area contributed by atoms with Gasteiger partial charge < -0.3 is 19.9 Å². The fourth-order valence-corrected chi connectivity index (χ4v) is 4.96. The second kappa shape index (κ2) is 5.38. The van der Waals surface area contributed by atoms with Gasteiger partial charge in [0.2, 0.25) is 0 Å². The summed E-state index contributed by atoms with van der Waals surface area (Å²) in [5.74, 6) is 1.18. The van der Waals surface area contributed by atoms with Gasteiger partial charge in [0.15, 0.2) is 5.79 Å². The Morgan fingerprint density at radius 1 is 1.17 bits per heavy atom. The molecule has 0 unspecified atom stereocenters. The van der Waals surface area contributed by atoms with Crippen molar-refractivity contribution in [2.45, 2.75) is 57.2 Å². The van der Waals surface area contributed by atoms with Crippen molar-refractivity contribution in [1.29, 1.82) is 0 Å². The predicted octanol–water partition coefficient (Wildman–Crippen LogP) is 3.55. The summed E-state index contributed by atoms with van der Waals surface area (Å²) in [6.45, 7) is 6.61. The maximum atomic E-state index is 6.12. The number of benzene rings is 1. The second-order valence-corrected chi connectivity index (χ2v) is 7.36. The van der Waals surface area contributed by atoms with Crippen LogP contribution in [0.5, 0.6) is 5.75 Å². The van der Waals surface area contributed by atoms with E-state index in [4.69, 9.17) is 19.9 Å². The molecule has 1 spiro atoms. The summed E-state index contributed by atoms with van der Waals surface area (Å²) in [6.07, 6.45) is 5.21. The molecule has 4 rings (SSSR count). The quantitative estimate of drug-likeness (QED) is 0.805. The van der Waals surface area contributed by atoms with Crippen molar-refractivity contribution in [1.82, 2.24) is 0 Å². The predicted molar refractivity (Wildman–Crippen MR) is 89.6 cm³/mol. The standard InChI is InChI=1S/C19H27NO3/c1-3-18-5-6-19(22-8-9-23-19)12-14(18)4-7-21-17-11-16(20)13(2)10-15(17)18/h10-11,14H,3-9,12,20H2,1-2H3/t14-,18+/m1/s1. The van der Waals surface area contributed by atoms with Crippen LogP contribution in [0.1, 0.15) is 50.2 Å². The highest BCUT2D eigenvalue weighted by atomic mass is 16.7. The monoisotopic (exact) mass is 317 g/mol. The molecule has 1 saturated heterocycles. The maximum Gasteiger partial charge on any atom is 0.168 e. The van der Waals surface area contributed by atoms with Gasteiger partial charge in [-0.05, 0) is 43.7 Å². The van der Waals surface area contributed by atoms with Crippen LogP contribution in [0.4, 0.5) is 5.69 Å². The zero-order valence-electron chi connectivity index (χ0n) is 14.2. The molecule has 2 aliphatic heterocycles. The number of fused-ring (bicyclic) bond motifs is 3. The lowest BCUT2D eigenvalue weighted by molar-refractivity contribution is -0.199. The number of anilines is 1. The minimum absolute atomic E-state index is 0.158. The molecule has 2 heterocycles. The van der Waals surface area contributed by atoms with Crippen LogP contribution in [-0.4, -0.2) is 25.6 Å². The zero-order valence-corrected chi connectivity index (χ0v) is 14.2. The van der Waals surface area contributed by atoms with Gasteiger partial charge in [0.05, 0.1) is 19.8 Å². The Labute approximate surface area is 138 Å². The first kappa shape index (κ1) is 15.3. The van der Waals surface area contributed by atoms with E-state index in [-0.39, 0.29) is 11.2 Å². The molecule has 2 atom stereocenters. The number of aryl methyl sites for hydroxylation is 1. The molecule has 3 aliphatic rings. The van der Waals surface area contributed by atoms with Crippen molar-refractivity contribution in [3.05, 3.63) is 23.3 Å². The Kier molecular flexibility index (Phi) is 3.58. The number of ether oxygens (including phenoxy) is 3. The van der Waals surface area contributed by atoms with Gasteiger partial charge >= 0.3 is 0 Å². The molecular weight excluding hydrogens is 290 g/mol. The van der Waals surface area contributed by atoms with Crippen LogP contribution in [0.2, 0.25) is 0 Å². The molecule has 126 valence electrons. The first-order chi connectivity index (χ1) is 11.1. The molecule has 2 N–H and O–H groups in total. The molecule has 1 aromatic rings. The van der Waals surface area contributed by atoms with Crippen LogP contribution >= 0.6 is 0 Å². The molecular formula is C19H27NO3. The molecule has 1 aromatic carbocycles. The van der Waals surface area contributed by atoms with Gasteiger partial charge in [0.25, 0.3) is 0 Å². The van der Waals surface area contributed by atoms with Crippen LogP contribution in [0.25, 0.3) is 0 Å². The first-order valence-electron chi connectivity index (χ1n) is 8.90. The smallest absolute Gasteiger partial charge is 0.168 e. The number of hydrogen-bond acceptors (Lipinski definition) is 4. The largest absolute Gasteiger partial charge is 0.493 e. The fraction of sp³-hybridized carbons (Fsp3) is 0.684. The second-order valence-electron chi connectivity index (χ2n) is 7.36. The summed E-state index contributed by atoms with van der Waals surface area (Å²) in [5.41, 5.74) is 9.60. The van der Waals surface area contributed by atoms with Crippen molar-refractivity contribution in [2.24, 2.45) is 5.92 Å². The Hall–Kier alpha value is -1.26. The Morgan fingerprint density at radius 3 is 2.70 bits per heavy atom.